The van der Waals surface area contributed by atoms with Gasteiger partial charge in [0.2, 0.25) is 0 Å². The molecule has 0 saturated heterocycles. The van der Waals surface area contributed by atoms with Crippen molar-refractivity contribution in [2.75, 3.05) is 10.6 Å². The molecule has 3 rings (SSSR count). The lowest BCUT2D eigenvalue weighted by Gasteiger charge is -2.11. The third kappa shape index (κ3) is 3.43. The molecule has 2 heterocycles. The molecule has 2 amide bonds. The van der Waals surface area contributed by atoms with Crippen molar-refractivity contribution in [2.45, 2.75) is 13.1 Å². The number of amides is 2. The van der Waals surface area contributed by atoms with Crippen molar-refractivity contribution in [1.29, 1.82) is 0 Å². The summed E-state index contributed by atoms with van der Waals surface area (Å²) in [6, 6.07) is 3.44. The molecule has 0 bridgehead atoms. The second kappa shape index (κ2) is 6.49. The van der Waals surface area contributed by atoms with Crippen LogP contribution in [0, 0.1) is 6.92 Å². The van der Waals surface area contributed by atoms with Gasteiger partial charge in [-0.3, -0.25) is 4.68 Å². The number of benzene rings is 1. The van der Waals surface area contributed by atoms with E-state index in [1.54, 1.807) is 18.7 Å². The number of fused-ring (bicyclic) bond motifs is 1. The average molecular weight is 384 g/mol. The third-order valence-corrected chi connectivity index (χ3v) is 4.07. The summed E-state index contributed by atoms with van der Waals surface area (Å²) in [5.41, 5.74) is 0.902. The van der Waals surface area contributed by atoms with E-state index in [9.17, 15) is 18.0 Å². The number of rotatable bonds is 2. The molecular formula is C16H13ClF3N5O. The number of aryl methyl sites for hydroxylation is 2. The Balaban J connectivity index is 1.77. The Morgan fingerprint density at radius 1 is 1.19 bits per heavy atom. The SMILES string of the molecule is Cc1nn(C)c2ncc(NC(=O)Nc3ccc(C(F)(F)F)cc3)c(Cl)c12. The van der Waals surface area contributed by atoms with Gasteiger partial charge in [0.25, 0.3) is 0 Å². The van der Waals surface area contributed by atoms with Crippen molar-refractivity contribution >= 4 is 40.0 Å². The smallest absolute Gasteiger partial charge is 0.308 e. The van der Waals surface area contributed by atoms with Crippen molar-refractivity contribution in [3.05, 3.63) is 46.7 Å². The first kappa shape index (κ1) is 18.0. The van der Waals surface area contributed by atoms with E-state index in [1.807, 2.05) is 0 Å². The Kier molecular flexibility index (Phi) is 4.49. The number of pyridine rings is 1. The number of carbonyl (C=O) groups excluding carboxylic acids is 1. The summed E-state index contributed by atoms with van der Waals surface area (Å²) >= 11 is 6.32. The first-order valence-electron chi connectivity index (χ1n) is 7.40. The molecule has 2 aromatic heterocycles. The van der Waals surface area contributed by atoms with Gasteiger partial charge in [-0.25, -0.2) is 9.78 Å². The van der Waals surface area contributed by atoms with Crippen molar-refractivity contribution in [2.24, 2.45) is 7.05 Å². The third-order valence-electron chi connectivity index (χ3n) is 3.68. The zero-order valence-corrected chi connectivity index (χ0v) is 14.4. The molecule has 0 spiro atoms. The van der Waals surface area contributed by atoms with E-state index in [2.05, 4.69) is 20.7 Å². The van der Waals surface area contributed by atoms with Gasteiger partial charge in [-0.05, 0) is 31.2 Å². The number of nitrogens with one attached hydrogen (secondary N) is 2. The molecule has 0 fully saturated rings. The molecule has 26 heavy (non-hydrogen) atoms. The maximum absolute atomic E-state index is 12.5. The molecule has 6 nitrogen and oxygen atoms in total. The predicted octanol–water partition coefficient (Wildman–Crippen LogP) is 4.59. The van der Waals surface area contributed by atoms with E-state index in [0.29, 0.717) is 16.7 Å². The number of hydrogen-bond donors (Lipinski definition) is 2. The number of urea groups is 1. The van der Waals surface area contributed by atoms with E-state index in [4.69, 9.17) is 11.6 Å². The van der Waals surface area contributed by atoms with Crippen LogP contribution in [0.3, 0.4) is 0 Å². The van der Waals surface area contributed by atoms with Crippen LogP contribution in [-0.2, 0) is 13.2 Å². The fourth-order valence-corrected chi connectivity index (χ4v) is 2.80. The van der Waals surface area contributed by atoms with Crippen LogP contribution in [-0.4, -0.2) is 20.8 Å². The number of anilines is 2. The predicted molar refractivity (Wildman–Crippen MR) is 92.3 cm³/mol. The summed E-state index contributed by atoms with van der Waals surface area (Å²) in [5, 5.41) is 10.1. The van der Waals surface area contributed by atoms with Crippen molar-refractivity contribution in [1.82, 2.24) is 14.8 Å². The van der Waals surface area contributed by atoms with Gasteiger partial charge >= 0.3 is 12.2 Å². The molecular weight excluding hydrogens is 371 g/mol. The first-order chi connectivity index (χ1) is 12.2. The largest absolute Gasteiger partial charge is 0.416 e. The Morgan fingerprint density at radius 2 is 1.85 bits per heavy atom. The molecule has 0 aliphatic carbocycles. The molecule has 2 N–H and O–H groups in total. The van der Waals surface area contributed by atoms with Crippen LogP contribution in [0.15, 0.2) is 30.5 Å². The Morgan fingerprint density at radius 3 is 2.46 bits per heavy atom. The quantitative estimate of drug-likeness (QED) is 0.679. The van der Waals surface area contributed by atoms with Crippen molar-refractivity contribution in [3.8, 4) is 0 Å². The van der Waals surface area contributed by atoms with Crippen molar-refractivity contribution in [3.63, 3.8) is 0 Å². The van der Waals surface area contributed by atoms with Gasteiger partial charge in [0.05, 0.1) is 33.6 Å². The molecule has 0 saturated carbocycles. The minimum atomic E-state index is -4.43. The topological polar surface area (TPSA) is 71.8 Å². The van der Waals surface area contributed by atoms with Gasteiger partial charge in [0.15, 0.2) is 5.65 Å². The van der Waals surface area contributed by atoms with E-state index in [1.165, 1.54) is 6.20 Å². The number of nitrogens with zero attached hydrogens (tertiary/aromatic N) is 3. The number of aromatic nitrogens is 3. The lowest BCUT2D eigenvalue weighted by Crippen LogP contribution is -2.20. The zero-order valence-electron chi connectivity index (χ0n) is 13.6. The van der Waals surface area contributed by atoms with E-state index in [0.717, 1.165) is 24.3 Å². The molecule has 0 atom stereocenters. The lowest BCUT2D eigenvalue weighted by atomic mass is 10.2. The van der Waals surface area contributed by atoms with Crippen molar-refractivity contribution < 1.29 is 18.0 Å². The maximum Gasteiger partial charge on any atom is 0.416 e. The highest BCUT2D eigenvalue weighted by Gasteiger charge is 2.30. The summed E-state index contributed by atoms with van der Waals surface area (Å²) in [5.74, 6) is 0. The van der Waals surface area contributed by atoms with Gasteiger partial charge in [-0.2, -0.15) is 18.3 Å². The monoisotopic (exact) mass is 383 g/mol. The Hall–Kier alpha value is -2.81. The molecule has 136 valence electrons. The molecule has 1 aromatic carbocycles. The van der Waals surface area contributed by atoms with E-state index in [-0.39, 0.29) is 16.4 Å². The van der Waals surface area contributed by atoms with Gasteiger partial charge in [-0.1, -0.05) is 11.6 Å². The van der Waals surface area contributed by atoms with Crippen LogP contribution in [0.2, 0.25) is 5.02 Å². The average Bonchev–Trinajstić information content (AvgIpc) is 2.84. The highest BCUT2D eigenvalue weighted by Crippen LogP contribution is 2.32. The van der Waals surface area contributed by atoms with Gasteiger partial charge in [-0.15, -0.1) is 0 Å². The summed E-state index contributed by atoms with van der Waals surface area (Å²) in [7, 11) is 1.73. The second-order valence-corrected chi connectivity index (χ2v) is 5.93. The summed E-state index contributed by atoms with van der Waals surface area (Å²) in [6.07, 6.45) is -3.05. The van der Waals surface area contributed by atoms with Gasteiger partial charge in [0, 0.05) is 12.7 Å². The van der Waals surface area contributed by atoms with Crippen LogP contribution >= 0.6 is 11.6 Å². The van der Waals surface area contributed by atoms with Gasteiger partial charge in [0.1, 0.15) is 0 Å². The van der Waals surface area contributed by atoms with Gasteiger partial charge < -0.3 is 10.6 Å². The lowest BCUT2D eigenvalue weighted by molar-refractivity contribution is -0.137. The minimum absolute atomic E-state index is 0.207. The highest BCUT2D eigenvalue weighted by molar-refractivity contribution is 6.38. The Bertz CT molecular complexity index is 982. The van der Waals surface area contributed by atoms with E-state index >= 15 is 0 Å². The number of halogens is 4. The summed E-state index contributed by atoms with van der Waals surface area (Å²) < 4.78 is 39.2. The fourth-order valence-electron chi connectivity index (χ4n) is 2.48. The van der Waals surface area contributed by atoms with E-state index < -0.39 is 17.8 Å². The zero-order chi connectivity index (χ0) is 19.1. The molecule has 0 unspecified atom stereocenters. The molecule has 0 radical (unpaired) electrons. The molecule has 0 aliphatic rings. The standard InChI is InChI=1S/C16H13ClF3N5O/c1-8-12-13(17)11(7-21-14(12)25(2)24-8)23-15(26)22-10-5-3-9(4-6-10)16(18,19)20/h3-7H,1-2H3,(H2,22,23,26). The van der Waals surface area contributed by atoms with Crippen LogP contribution in [0.4, 0.5) is 29.3 Å². The minimum Gasteiger partial charge on any atom is -0.308 e. The van der Waals surface area contributed by atoms with Crippen LogP contribution in [0.25, 0.3) is 11.0 Å². The normalized spacial score (nSPS) is 11.6. The van der Waals surface area contributed by atoms with Crippen LogP contribution in [0.1, 0.15) is 11.3 Å². The Labute approximate surface area is 151 Å². The van der Waals surface area contributed by atoms with Crippen LogP contribution in [0.5, 0.6) is 0 Å². The summed E-state index contributed by atoms with van der Waals surface area (Å²) in [6.45, 7) is 1.77. The fraction of sp³-hybridized carbons (Fsp3) is 0.188. The maximum atomic E-state index is 12.5. The second-order valence-electron chi connectivity index (χ2n) is 5.55. The van der Waals surface area contributed by atoms with Crippen LogP contribution < -0.4 is 10.6 Å². The first-order valence-corrected chi connectivity index (χ1v) is 7.77. The number of carbonyl (C=O) groups is 1. The number of alkyl halides is 3. The number of hydrogen-bond acceptors (Lipinski definition) is 3. The molecule has 10 heteroatoms. The highest BCUT2D eigenvalue weighted by atomic mass is 35.5. The summed E-state index contributed by atoms with van der Waals surface area (Å²) in [4.78, 5) is 16.3. The molecule has 3 aromatic rings. The molecule has 0 aliphatic heterocycles.